The zero-order valence-corrected chi connectivity index (χ0v) is 20.1. The first-order chi connectivity index (χ1) is 13.9. The molecule has 30 heavy (non-hydrogen) atoms. The Hall–Kier alpha value is -1.40. The summed E-state index contributed by atoms with van der Waals surface area (Å²) in [5.41, 5.74) is -0.136. The first-order valence-corrected chi connectivity index (χ1v) is 10.4. The van der Waals surface area contributed by atoms with Crippen LogP contribution in [0.4, 0.5) is 13.2 Å². The van der Waals surface area contributed by atoms with Crippen LogP contribution in [0.2, 0.25) is 0 Å². The van der Waals surface area contributed by atoms with Crippen molar-refractivity contribution < 1.29 is 17.9 Å². The average Bonchev–Trinajstić information content (AvgIpc) is 3.19. The summed E-state index contributed by atoms with van der Waals surface area (Å²) in [4.78, 5) is 12.0. The van der Waals surface area contributed by atoms with Crippen molar-refractivity contribution in [3.05, 3.63) is 51.5 Å². The number of aryl methyl sites for hydroxylation is 1. The van der Waals surface area contributed by atoms with Gasteiger partial charge >= 0.3 is 6.18 Å². The zero-order chi connectivity index (χ0) is 20.9. The van der Waals surface area contributed by atoms with Crippen molar-refractivity contribution in [1.82, 2.24) is 15.2 Å². The third-order valence-electron chi connectivity index (χ3n) is 4.74. The Morgan fingerprint density at radius 1 is 1.40 bits per heavy atom. The molecule has 1 aromatic carbocycles. The summed E-state index contributed by atoms with van der Waals surface area (Å²) >= 11 is 1.71. The van der Waals surface area contributed by atoms with E-state index in [1.807, 2.05) is 11.1 Å². The summed E-state index contributed by atoms with van der Waals surface area (Å²) in [5, 5.41) is 4.41. The van der Waals surface area contributed by atoms with Crippen LogP contribution >= 0.6 is 35.3 Å². The average molecular weight is 554 g/mol. The molecule has 2 heterocycles. The minimum absolute atomic E-state index is 0. The van der Waals surface area contributed by atoms with Gasteiger partial charge in [0.2, 0.25) is 0 Å². The number of nitrogens with zero attached hydrogens (tertiary/aromatic N) is 3. The number of thiazole rings is 1. The maximum atomic E-state index is 13.0. The Balaban J connectivity index is 0.00000320. The molecular formula is C20H26F3IN4OS. The molecule has 166 valence electrons. The van der Waals surface area contributed by atoms with Crippen molar-refractivity contribution in [1.29, 1.82) is 0 Å². The summed E-state index contributed by atoms with van der Waals surface area (Å²) in [6.45, 7) is 4.30. The van der Waals surface area contributed by atoms with Gasteiger partial charge in [-0.15, -0.1) is 35.3 Å². The van der Waals surface area contributed by atoms with Gasteiger partial charge in [-0.25, -0.2) is 4.98 Å². The fourth-order valence-corrected chi connectivity index (χ4v) is 4.06. The number of benzene rings is 1. The molecule has 3 rings (SSSR count). The van der Waals surface area contributed by atoms with Gasteiger partial charge in [-0.3, -0.25) is 4.99 Å². The predicted molar refractivity (Wildman–Crippen MR) is 124 cm³/mol. The lowest BCUT2D eigenvalue weighted by atomic mass is 10.0. The van der Waals surface area contributed by atoms with Gasteiger partial charge < -0.3 is 15.0 Å². The molecule has 0 radical (unpaired) electrons. The minimum Gasteiger partial charge on any atom is -0.370 e. The van der Waals surface area contributed by atoms with Crippen LogP contribution in [0.15, 0.2) is 35.5 Å². The smallest absolute Gasteiger partial charge is 0.370 e. The van der Waals surface area contributed by atoms with E-state index in [0.717, 1.165) is 35.9 Å². The summed E-state index contributed by atoms with van der Waals surface area (Å²) in [6.07, 6.45) is -1.11. The summed E-state index contributed by atoms with van der Waals surface area (Å²) in [6, 6.07) is 5.34. The van der Waals surface area contributed by atoms with Crippen molar-refractivity contribution in [3.8, 4) is 0 Å². The Kier molecular flexibility index (Phi) is 9.35. The summed E-state index contributed by atoms with van der Waals surface area (Å²) in [7, 11) is 1.70. The number of morpholine rings is 1. The van der Waals surface area contributed by atoms with E-state index < -0.39 is 17.8 Å². The topological polar surface area (TPSA) is 49.8 Å². The van der Waals surface area contributed by atoms with E-state index in [-0.39, 0.29) is 24.0 Å². The number of hydrogen-bond acceptors (Lipinski definition) is 4. The molecule has 0 saturated carbocycles. The molecule has 5 nitrogen and oxygen atoms in total. The molecule has 1 N–H and O–H groups in total. The number of rotatable bonds is 5. The Morgan fingerprint density at radius 2 is 2.20 bits per heavy atom. The quantitative estimate of drug-likeness (QED) is 0.335. The van der Waals surface area contributed by atoms with E-state index in [9.17, 15) is 13.2 Å². The first-order valence-electron chi connectivity index (χ1n) is 9.58. The minimum atomic E-state index is -4.37. The molecule has 1 atom stereocenters. The molecule has 2 aromatic rings. The largest absolute Gasteiger partial charge is 0.416 e. The number of aromatic nitrogens is 1. The van der Waals surface area contributed by atoms with Gasteiger partial charge in [0.1, 0.15) is 6.10 Å². The summed E-state index contributed by atoms with van der Waals surface area (Å²) in [5.74, 6) is 0.720. The number of alkyl halides is 3. The van der Waals surface area contributed by atoms with Gasteiger partial charge in [-0.1, -0.05) is 19.1 Å². The third-order valence-corrected chi connectivity index (χ3v) is 5.94. The van der Waals surface area contributed by atoms with E-state index in [2.05, 4.69) is 22.2 Å². The second-order valence-electron chi connectivity index (χ2n) is 6.73. The number of ether oxygens (including phenoxy) is 1. The lowest BCUT2D eigenvalue weighted by molar-refractivity contribution is -0.137. The van der Waals surface area contributed by atoms with Crippen LogP contribution < -0.4 is 5.32 Å². The lowest BCUT2D eigenvalue weighted by Gasteiger charge is -2.35. The molecule has 1 aliphatic rings. The van der Waals surface area contributed by atoms with Crippen LogP contribution in [0.3, 0.4) is 0 Å². The normalized spacial score (nSPS) is 17.6. The molecule has 1 saturated heterocycles. The van der Waals surface area contributed by atoms with E-state index in [1.165, 1.54) is 10.9 Å². The number of aliphatic imine (C=N–C) groups is 1. The third kappa shape index (κ3) is 6.55. The van der Waals surface area contributed by atoms with E-state index in [0.29, 0.717) is 31.8 Å². The predicted octanol–water partition coefficient (Wildman–Crippen LogP) is 4.53. The molecule has 0 aliphatic carbocycles. The van der Waals surface area contributed by atoms with Gasteiger partial charge in [0.05, 0.1) is 23.7 Å². The molecule has 1 unspecified atom stereocenters. The number of guanidine groups is 1. The molecule has 10 heteroatoms. The zero-order valence-electron chi connectivity index (χ0n) is 16.9. The van der Waals surface area contributed by atoms with Crippen molar-refractivity contribution in [2.24, 2.45) is 4.99 Å². The van der Waals surface area contributed by atoms with Gasteiger partial charge in [0, 0.05) is 37.6 Å². The van der Waals surface area contributed by atoms with Crippen molar-refractivity contribution in [2.75, 3.05) is 33.3 Å². The van der Waals surface area contributed by atoms with Crippen LogP contribution in [0.5, 0.6) is 0 Å². The molecule has 1 aromatic heterocycles. The Labute approximate surface area is 195 Å². The fraction of sp³-hybridized carbons (Fsp3) is 0.500. The van der Waals surface area contributed by atoms with Crippen LogP contribution in [0, 0.1) is 0 Å². The van der Waals surface area contributed by atoms with Gasteiger partial charge in [-0.2, -0.15) is 13.2 Å². The standard InChI is InChI=1S/C20H25F3N4OS.HI/c1-3-16-12-26-18(29-16)7-8-25-19(24-2)27-9-10-28-17(13-27)14-5-4-6-15(11-14)20(21,22)23;/h4-6,11-12,17H,3,7-10,13H2,1-2H3,(H,24,25);1H. The van der Waals surface area contributed by atoms with Gasteiger partial charge in [0.15, 0.2) is 5.96 Å². The maximum Gasteiger partial charge on any atom is 0.416 e. The van der Waals surface area contributed by atoms with E-state index >= 15 is 0 Å². The highest BCUT2D eigenvalue weighted by molar-refractivity contribution is 14.0. The highest BCUT2D eigenvalue weighted by atomic mass is 127. The monoisotopic (exact) mass is 554 g/mol. The first kappa shape index (κ1) is 24.9. The van der Waals surface area contributed by atoms with Gasteiger partial charge in [-0.05, 0) is 24.1 Å². The van der Waals surface area contributed by atoms with Crippen LogP contribution in [-0.2, 0) is 23.8 Å². The second-order valence-corrected chi connectivity index (χ2v) is 7.93. The molecule has 0 amide bonds. The Morgan fingerprint density at radius 3 is 2.87 bits per heavy atom. The molecule has 1 fully saturated rings. The summed E-state index contributed by atoms with van der Waals surface area (Å²) < 4.78 is 44.8. The van der Waals surface area contributed by atoms with Crippen molar-refractivity contribution >= 4 is 41.3 Å². The lowest BCUT2D eigenvalue weighted by Crippen LogP contribution is -2.48. The number of nitrogens with one attached hydrogen (secondary N) is 1. The highest BCUT2D eigenvalue weighted by Gasteiger charge is 2.32. The van der Waals surface area contributed by atoms with Gasteiger partial charge in [0.25, 0.3) is 0 Å². The molecule has 0 bridgehead atoms. The van der Waals surface area contributed by atoms with E-state index in [4.69, 9.17) is 4.74 Å². The fourth-order valence-electron chi connectivity index (χ4n) is 3.20. The van der Waals surface area contributed by atoms with E-state index in [1.54, 1.807) is 24.5 Å². The molecule has 0 spiro atoms. The maximum absolute atomic E-state index is 13.0. The van der Waals surface area contributed by atoms with Crippen LogP contribution in [-0.4, -0.2) is 49.1 Å². The SMILES string of the molecule is CCc1cnc(CCNC(=NC)N2CCOC(c3cccc(C(F)(F)F)c3)C2)s1.I. The van der Waals surface area contributed by atoms with Crippen LogP contribution in [0.25, 0.3) is 0 Å². The highest BCUT2D eigenvalue weighted by Crippen LogP contribution is 2.32. The van der Waals surface area contributed by atoms with Crippen molar-refractivity contribution in [2.45, 2.75) is 32.0 Å². The molecule has 1 aliphatic heterocycles. The van der Waals surface area contributed by atoms with Crippen LogP contribution in [0.1, 0.15) is 34.0 Å². The Bertz CT molecular complexity index is 843. The number of hydrogen-bond donors (Lipinski definition) is 1. The molecular weight excluding hydrogens is 528 g/mol. The van der Waals surface area contributed by atoms with Crippen molar-refractivity contribution in [3.63, 3.8) is 0 Å². The second kappa shape index (κ2) is 11.3. The number of halogens is 4.